The van der Waals surface area contributed by atoms with Gasteiger partial charge in [-0.3, -0.25) is 0 Å². The number of anilines is 1. The molecule has 0 radical (unpaired) electrons. The molecule has 96 valence electrons. The van der Waals surface area contributed by atoms with Gasteiger partial charge in [-0.15, -0.1) is 0 Å². The van der Waals surface area contributed by atoms with E-state index in [-0.39, 0.29) is 0 Å². The number of unbranched alkanes of at least 4 members (excludes halogenated alkanes) is 1. The van der Waals surface area contributed by atoms with E-state index in [1.54, 1.807) is 23.1 Å². The van der Waals surface area contributed by atoms with Crippen LogP contribution < -0.4 is 5.32 Å². The van der Waals surface area contributed by atoms with Crippen molar-refractivity contribution in [1.29, 1.82) is 0 Å². The van der Waals surface area contributed by atoms with Gasteiger partial charge >= 0.3 is 0 Å². The van der Waals surface area contributed by atoms with E-state index in [2.05, 4.69) is 17.2 Å². The molecule has 0 aliphatic heterocycles. The fraction of sp³-hybridized carbons (Fsp3) is 0.333. The highest BCUT2D eigenvalue weighted by atomic mass is 35.5. The van der Waals surface area contributed by atoms with Crippen LogP contribution in [0.1, 0.15) is 19.8 Å². The summed E-state index contributed by atoms with van der Waals surface area (Å²) >= 11 is 14.5. The van der Waals surface area contributed by atoms with E-state index in [9.17, 15) is 0 Å². The van der Waals surface area contributed by atoms with Crippen LogP contribution >= 0.6 is 46.9 Å². The van der Waals surface area contributed by atoms with Gasteiger partial charge in [-0.1, -0.05) is 60.3 Å². The highest BCUT2D eigenvalue weighted by Crippen LogP contribution is 2.28. The Bertz CT molecular complexity index is 553. The number of rotatable bonds is 4. The summed E-state index contributed by atoms with van der Waals surface area (Å²) in [6.45, 7) is 2.17. The maximum atomic E-state index is 5.95. The number of thiazole rings is 1. The lowest BCUT2D eigenvalue weighted by Crippen LogP contribution is -2.04. The third-order valence-corrected chi connectivity index (χ3v) is 4.77. The quantitative estimate of drug-likeness (QED) is 0.620. The van der Waals surface area contributed by atoms with Gasteiger partial charge in [0.2, 0.25) is 0 Å². The average Bonchev–Trinajstić information content (AvgIpc) is 2.70. The number of benzene rings is 1. The highest BCUT2D eigenvalue weighted by Gasteiger charge is 2.06. The molecule has 0 spiro atoms. The Kier molecular flexibility index (Phi) is 5.24. The summed E-state index contributed by atoms with van der Waals surface area (Å²) < 4.78 is 1.86. The van der Waals surface area contributed by atoms with Crippen molar-refractivity contribution >= 4 is 66.6 Å². The molecule has 2 aromatic rings. The number of thioether (sulfide) groups is 1. The van der Waals surface area contributed by atoms with Crippen LogP contribution in [-0.2, 0) is 0 Å². The minimum Gasteiger partial charge on any atom is -0.317 e. The Balaban J connectivity index is 2.01. The van der Waals surface area contributed by atoms with E-state index in [1.165, 1.54) is 12.8 Å². The van der Waals surface area contributed by atoms with E-state index in [0.29, 0.717) is 0 Å². The maximum absolute atomic E-state index is 5.95. The minimum atomic E-state index is 0.734. The smallest absolute Gasteiger partial charge is 0.189 e. The topological polar surface area (TPSA) is 24.9 Å². The highest BCUT2D eigenvalue weighted by molar-refractivity contribution is 8.23. The lowest BCUT2D eigenvalue weighted by Gasteiger charge is -2.02. The molecule has 0 aliphatic carbocycles. The molecular weight excluding hydrogens is 304 g/mol. The molecule has 2 rings (SSSR count). The molecule has 0 atom stereocenters. The Labute approximate surface area is 125 Å². The largest absolute Gasteiger partial charge is 0.317 e. The van der Waals surface area contributed by atoms with Crippen LogP contribution in [0.4, 0.5) is 5.13 Å². The Morgan fingerprint density at radius 2 is 2.39 bits per heavy atom. The van der Waals surface area contributed by atoms with Crippen molar-refractivity contribution in [3.05, 3.63) is 23.2 Å². The van der Waals surface area contributed by atoms with Gasteiger partial charge in [0, 0.05) is 10.8 Å². The average molecular weight is 317 g/mol. The van der Waals surface area contributed by atoms with Crippen molar-refractivity contribution in [3.63, 3.8) is 0 Å². The van der Waals surface area contributed by atoms with E-state index in [0.717, 1.165) is 30.4 Å². The number of nitrogens with one attached hydrogen (secondary N) is 1. The SMILES string of the molecule is CCCCSC(=S)Nc1nc2ccc(Cl)cc2s1. The van der Waals surface area contributed by atoms with Crippen LogP contribution in [0.5, 0.6) is 0 Å². The van der Waals surface area contributed by atoms with Gasteiger partial charge in [0.05, 0.1) is 10.2 Å². The number of hydrogen-bond donors (Lipinski definition) is 1. The maximum Gasteiger partial charge on any atom is 0.189 e. The Morgan fingerprint density at radius 1 is 1.56 bits per heavy atom. The third-order valence-electron chi connectivity index (χ3n) is 2.29. The molecule has 0 saturated heterocycles. The summed E-state index contributed by atoms with van der Waals surface area (Å²) in [4.78, 5) is 4.47. The van der Waals surface area contributed by atoms with Crippen molar-refractivity contribution < 1.29 is 0 Å². The fourth-order valence-electron chi connectivity index (χ4n) is 1.38. The fourth-order valence-corrected chi connectivity index (χ4v) is 3.79. The first kappa shape index (κ1) is 14.1. The molecule has 0 saturated carbocycles. The second kappa shape index (κ2) is 6.70. The van der Waals surface area contributed by atoms with Gasteiger partial charge in [0.1, 0.15) is 4.32 Å². The minimum absolute atomic E-state index is 0.734. The molecule has 2 nitrogen and oxygen atoms in total. The molecule has 6 heteroatoms. The van der Waals surface area contributed by atoms with Crippen molar-refractivity contribution in [2.75, 3.05) is 11.1 Å². The van der Waals surface area contributed by atoms with Crippen LogP contribution in [0.25, 0.3) is 10.2 Å². The molecule has 0 bridgehead atoms. The predicted octanol–water partition coefficient (Wildman–Crippen LogP) is 5.18. The van der Waals surface area contributed by atoms with Gasteiger partial charge in [-0.05, 0) is 24.6 Å². The van der Waals surface area contributed by atoms with Crippen LogP contribution in [0.2, 0.25) is 5.02 Å². The van der Waals surface area contributed by atoms with Crippen LogP contribution in [0.3, 0.4) is 0 Å². The molecular formula is C12H13ClN2S3. The number of hydrogen-bond acceptors (Lipinski definition) is 4. The summed E-state index contributed by atoms with van der Waals surface area (Å²) in [5.41, 5.74) is 0.952. The van der Waals surface area contributed by atoms with E-state index >= 15 is 0 Å². The van der Waals surface area contributed by atoms with Crippen LogP contribution in [0.15, 0.2) is 18.2 Å². The molecule has 1 aromatic carbocycles. The molecule has 0 unspecified atom stereocenters. The van der Waals surface area contributed by atoms with Crippen LogP contribution in [0, 0.1) is 0 Å². The lowest BCUT2D eigenvalue weighted by molar-refractivity contribution is 0.898. The first-order valence-electron chi connectivity index (χ1n) is 5.69. The second-order valence-corrected chi connectivity index (χ2v) is 6.98. The first-order chi connectivity index (χ1) is 8.69. The van der Waals surface area contributed by atoms with Crippen molar-refractivity contribution in [3.8, 4) is 0 Å². The molecule has 1 heterocycles. The summed E-state index contributed by atoms with van der Waals surface area (Å²) in [6, 6.07) is 5.70. The summed E-state index contributed by atoms with van der Waals surface area (Å²) in [5, 5.41) is 4.74. The zero-order valence-corrected chi connectivity index (χ0v) is 13.1. The van der Waals surface area contributed by atoms with Crippen molar-refractivity contribution in [2.45, 2.75) is 19.8 Å². The lowest BCUT2D eigenvalue weighted by atomic mass is 10.3. The van der Waals surface area contributed by atoms with Gasteiger partial charge in [0.25, 0.3) is 0 Å². The number of nitrogens with zero attached hydrogens (tertiary/aromatic N) is 1. The molecule has 1 aromatic heterocycles. The molecule has 18 heavy (non-hydrogen) atoms. The Hall–Kier alpha value is -0.360. The van der Waals surface area contributed by atoms with Gasteiger partial charge in [0.15, 0.2) is 5.13 Å². The molecule has 1 N–H and O–H groups in total. The molecule has 0 amide bonds. The summed E-state index contributed by atoms with van der Waals surface area (Å²) in [6.07, 6.45) is 2.37. The molecule has 0 fully saturated rings. The monoisotopic (exact) mass is 316 g/mol. The first-order valence-corrected chi connectivity index (χ1v) is 8.27. The second-order valence-electron chi connectivity index (χ2n) is 3.75. The number of halogens is 1. The van der Waals surface area contributed by atoms with Crippen molar-refractivity contribution in [2.24, 2.45) is 0 Å². The summed E-state index contributed by atoms with van der Waals surface area (Å²) in [5.74, 6) is 1.05. The normalized spacial score (nSPS) is 10.8. The number of aromatic nitrogens is 1. The van der Waals surface area contributed by atoms with Gasteiger partial charge in [-0.2, -0.15) is 0 Å². The van der Waals surface area contributed by atoms with Gasteiger partial charge < -0.3 is 5.32 Å². The summed E-state index contributed by atoms with van der Waals surface area (Å²) in [7, 11) is 0. The van der Waals surface area contributed by atoms with E-state index < -0.39 is 0 Å². The molecule has 0 aliphatic rings. The zero-order chi connectivity index (χ0) is 13.0. The van der Waals surface area contributed by atoms with Gasteiger partial charge in [-0.25, -0.2) is 4.98 Å². The number of thiocarbonyl (C=S) groups is 1. The van der Waals surface area contributed by atoms with E-state index in [4.69, 9.17) is 23.8 Å². The predicted molar refractivity (Wildman–Crippen MR) is 88.2 cm³/mol. The van der Waals surface area contributed by atoms with Crippen LogP contribution in [-0.4, -0.2) is 15.1 Å². The number of fused-ring (bicyclic) bond motifs is 1. The Morgan fingerprint density at radius 3 is 3.17 bits per heavy atom. The third kappa shape index (κ3) is 3.82. The zero-order valence-electron chi connectivity index (χ0n) is 9.90. The van der Waals surface area contributed by atoms with Crippen molar-refractivity contribution in [1.82, 2.24) is 4.98 Å². The standard InChI is InChI=1S/C12H13ClN2S3/c1-2-3-6-17-12(16)15-11-14-9-5-4-8(13)7-10(9)18-11/h4-5,7H,2-3,6H2,1H3,(H,14,15,16). The van der Waals surface area contributed by atoms with E-state index in [1.807, 2.05) is 18.2 Å².